The molecule has 0 saturated carbocycles. The van der Waals surface area contributed by atoms with Crippen molar-refractivity contribution < 1.29 is 17.9 Å². The molecule has 1 aromatic heterocycles. The van der Waals surface area contributed by atoms with Crippen LogP contribution in [0.2, 0.25) is 0 Å². The number of allylic oxidation sites excluding steroid dienone is 4. The third-order valence-corrected chi connectivity index (χ3v) is 11.1. The smallest absolute Gasteiger partial charge is 0.206 e. The molecule has 0 aliphatic carbocycles. The third-order valence-electron chi connectivity index (χ3n) is 8.42. The molecule has 6 nitrogen and oxygen atoms in total. The van der Waals surface area contributed by atoms with Gasteiger partial charge in [0.2, 0.25) is 9.84 Å². The van der Waals surface area contributed by atoms with Crippen molar-refractivity contribution in [2.75, 3.05) is 23.3 Å². The second-order valence-electron chi connectivity index (χ2n) is 11.4. The van der Waals surface area contributed by atoms with Crippen molar-refractivity contribution in [3.8, 4) is 21.9 Å². The molecule has 46 heavy (non-hydrogen) atoms. The van der Waals surface area contributed by atoms with E-state index in [1.807, 2.05) is 25.1 Å². The van der Waals surface area contributed by atoms with E-state index in [4.69, 9.17) is 9.47 Å². The van der Waals surface area contributed by atoms with Crippen molar-refractivity contribution in [3.63, 3.8) is 0 Å². The van der Waals surface area contributed by atoms with Gasteiger partial charge in [-0.15, -0.1) is 11.3 Å². The van der Waals surface area contributed by atoms with Crippen LogP contribution < -0.4 is 19.3 Å². The summed E-state index contributed by atoms with van der Waals surface area (Å²) in [7, 11) is -3.78. The number of benzene rings is 4. The molecule has 3 heterocycles. The topological polar surface area (TPSA) is 59.1 Å². The number of anilines is 2. The van der Waals surface area contributed by atoms with Gasteiger partial charge in [0.05, 0.1) is 9.79 Å². The first kappa shape index (κ1) is 29.9. The number of ether oxygens (including phenoxy) is 2. The van der Waals surface area contributed by atoms with Crippen LogP contribution in [0.5, 0.6) is 11.5 Å². The summed E-state index contributed by atoms with van der Waals surface area (Å²) in [6.45, 7) is 5.98. The minimum absolute atomic E-state index is 0.245. The van der Waals surface area contributed by atoms with Crippen LogP contribution in [0.4, 0.5) is 11.4 Å². The molecule has 0 atom stereocenters. The van der Waals surface area contributed by atoms with Gasteiger partial charge in [0.1, 0.15) is 11.5 Å². The second-order valence-corrected chi connectivity index (χ2v) is 14.3. The van der Waals surface area contributed by atoms with Crippen LogP contribution >= 0.6 is 11.3 Å². The minimum Gasteiger partial charge on any atom is -0.473 e. The number of sulfone groups is 1. The quantitative estimate of drug-likeness (QED) is 0.165. The Kier molecular flexibility index (Phi) is 8.15. The fourth-order valence-electron chi connectivity index (χ4n) is 5.79. The largest absolute Gasteiger partial charge is 0.473 e. The molecular weight excluding hydrogens is 613 g/mol. The van der Waals surface area contributed by atoms with Crippen LogP contribution in [-0.2, 0) is 22.9 Å². The number of nitrogens with zero attached hydrogens (tertiary/aromatic N) is 2. The molecule has 0 fully saturated rings. The lowest BCUT2D eigenvalue weighted by molar-refractivity contribution is 0.289. The van der Waals surface area contributed by atoms with Crippen LogP contribution in [0.3, 0.4) is 0 Å². The van der Waals surface area contributed by atoms with E-state index in [0.717, 1.165) is 28.1 Å². The van der Waals surface area contributed by atoms with Gasteiger partial charge in [-0.05, 0) is 103 Å². The summed E-state index contributed by atoms with van der Waals surface area (Å²) in [5.74, 6) is 1.41. The van der Waals surface area contributed by atoms with Crippen LogP contribution in [-0.4, -0.2) is 21.9 Å². The molecule has 0 spiro atoms. The molecule has 0 bridgehead atoms. The molecule has 232 valence electrons. The standard InChI is InChI=1S/C38H34N2O4S2/c1-3-4-6-27(2)28-8-12-32(13-9-28)39-23-30-21-34(16-18-36(30)43-25-39)46(41,42)35-17-19-37-31(22-35)24-40(26-44-37)33-14-10-29(11-15-33)38-7-5-20-45-38/h3-22H,23-26H2,1-2H3/b4-3-,27-6+. The number of thiophene rings is 1. The van der Waals surface area contributed by atoms with Crippen molar-refractivity contribution >= 4 is 38.1 Å². The fourth-order valence-corrected chi connectivity index (χ4v) is 7.89. The summed E-state index contributed by atoms with van der Waals surface area (Å²) in [6.07, 6.45) is 6.13. The first-order chi connectivity index (χ1) is 22.4. The Balaban J connectivity index is 1.09. The number of hydrogen-bond donors (Lipinski definition) is 0. The van der Waals surface area contributed by atoms with Crippen molar-refractivity contribution in [3.05, 3.63) is 137 Å². The van der Waals surface area contributed by atoms with E-state index in [0.29, 0.717) is 38.1 Å². The van der Waals surface area contributed by atoms with Crippen molar-refractivity contribution in [2.24, 2.45) is 0 Å². The summed E-state index contributed by atoms with van der Waals surface area (Å²) < 4.78 is 39.9. The first-order valence-electron chi connectivity index (χ1n) is 15.2. The molecule has 2 aliphatic rings. The molecule has 8 heteroatoms. The van der Waals surface area contributed by atoms with E-state index in [1.165, 1.54) is 16.0 Å². The molecule has 0 amide bonds. The van der Waals surface area contributed by atoms with Gasteiger partial charge in [-0.25, -0.2) is 8.42 Å². The average Bonchev–Trinajstić information content (AvgIpc) is 3.65. The Morgan fingerprint density at radius 1 is 0.761 bits per heavy atom. The lowest BCUT2D eigenvalue weighted by Gasteiger charge is -2.31. The predicted octanol–water partition coefficient (Wildman–Crippen LogP) is 8.94. The van der Waals surface area contributed by atoms with Crippen molar-refractivity contribution in [1.82, 2.24) is 0 Å². The maximum absolute atomic E-state index is 13.9. The van der Waals surface area contributed by atoms with Gasteiger partial charge in [-0.1, -0.05) is 48.6 Å². The highest BCUT2D eigenvalue weighted by Gasteiger charge is 2.26. The Labute approximate surface area is 274 Å². The molecule has 4 aromatic carbocycles. The minimum atomic E-state index is -3.78. The molecule has 0 saturated heterocycles. The molecule has 5 aromatic rings. The van der Waals surface area contributed by atoms with Gasteiger partial charge in [-0.2, -0.15) is 0 Å². The second kappa shape index (κ2) is 12.5. The van der Waals surface area contributed by atoms with Gasteiger partial charge in [0, 0.05) is 40.5 Å². The summed E-state index contributed by atoms with van der Waals surface area (Å²) >= 11 is 1.71. The molecule has 7 rings (SSSR count). The van der Waals surface area contributed by atoms with Gasteiger partial charge in [0.15, 0.2) is 13.5 Å². The van der Waals surface area contributed by atoms with Gasteiger partial charge < -0.3 is 19.3 Å². The summed E-state index contributed by atoms with van der Waals surface area (Å²) in [5, 5.41) is 2.07. The summed E-state index contributed by atoms with van der Waals surface area (Å²) in [4.78, 5) is 5.92. The van der Waals surface area contributed by atoms with E-state index < -0.39 is 9.84 Å². The Morgan fingerprint density at radius 2 is 1.33 bits per heavy atom. The van der Waals surface area contributed by atoms with Crippen molar-refractivity contribution in [1.29, 1.82) is 0 Å². The third kappa shape index (κ3) is 5.94. The zero-order valence-corrected chi connectivity index (χ0v) is 27.4. The Bertz CT molecular complexity index is 2030. The maximum Gasteiger partial charge on any atom is 0.206 e. The number of hydrogen-bond acceptors (Lipinski definition) is 7. The average molecular weight is 647 g/mol. The Hall–Kier alpha value is -4.79. The normalized spacial score (nSPS) is 14.9. The molecule has 0 N–H and O–H groups in total. The number of fused-ring (bicyclic) bond motifs is 2. The highest BCUT2D eigenvalue weighted by atomic mass is 32.2. The Morgan fingerprint density at radius 3 is 1.85 bits per heavy atom. The lowest BCUT2D eigenvalue weighted by Crippen LogP contribution is -2.32. The van der Waals surface area contributed by atoms with Gasteiger partial charge in [0.25, 0.3) is 0 Å². The van der Waals surface area contributed by atoms with Crippen LogP contribution in [0, 0.1) is 0 Å². The molecule has 2 aliphatic heterocycles. The fraction of sp³-hybridized carbons (Fsp3) is 0.158. The highest BCUT2D eigenvalue weighted by Crippen LogP contribution is 2.36. The number of rotatable bonds is 7. The summed E-state index contributed by atoms with van der Waals surface area (Å²) in [6, 6.07) is 31.2. The highest BCUT2D eigenvalue weighted by molar-refractivity contribution is 7.91. The van der Waals surface area contributed by atoms with E-state index in [9.17, 15) is 8.42 Å². The van der Waals surface area contributed by atoms with Crippen LogP contribution in [0.25, 0.3) is 16.0 Å². The van der Waals surface area contributed by atoms with E-state index in [1.54, 1.807) is 47.7 Å². The van der Waals surface area contributed by atoms with E-state index >= 15 is 0 Å². The first-order valence-corrected chi connectivity index (χ1v) is 17.6. The van der Waals surface area contributed by atoms with E-state index in [-0.39, 0.29) is 9.79 Å². The zero-order chi connectivity index (χ0) is 31.7. The maximum atomic E-state index is 13.9. The lowest BCUT2D eigenvalue weighted by atomic mass is 10.1. The zero-order valence-electron chi connectivity index (χ0n) is 25.7. The van der Waals surface area contributed by atoms with E-state index in [2.05, 4.69) is 82.8 Å². The molecular formula is C38H34N2O4S2. The van der Waals surface area contributed by atoms with Crippen molar-refractivity contribution in [2.45, 2.75) is 36.7 Å². The summed E-state index contributed by atoms with van der Waals surface area (Å²) in [5.41, 5.74) is 7.21. The molecule has 0 radical (unpaired) electrons. The monoisotopic (exact) mass is 646 g/mol. The van der Waals surface area contributed by atoms with Crippen LogP contribution in [0.15, 0.2) is 130 Å². The SMILES string of the molecule is C/C=C\C=C(/C)c1ccc(N2COc3ccc(S(=O)(=O)c4ccc5c(c4)CN(c4ccc(-c6cccs6)cc4)CO5)cc3C2)cc1. The van der Waals surface area contributed by atoms with Crippen LogP contribution in [0.1, 0.15) is 30.5 Å². The molecule has 0 unspecified atom stereocenters. The van der Waals surface area contributed by atoms with Gasteiger partial charge in [-0.3, -0.25) is 0 Å². The van der Waals surface area contributed by atoms with Gasteiger partial charge >= 0.3 is 0 Å². The predicted molar refractivity (Wildman–Crippen MR) is 186 cm³/mol.